The Morgan fingerprint density at radius 2 is 1.79 bits per heavy atom. The standard InChI is InChI=1S/C20H25N3O5/c1-4-26-20(25)23-11-9-22(10-12-23)19(24)16-7-5-6-8-18(16)27-13-17-14(2)21-28-15(17)3/h5-8H,4,9-13H2,1-3H3. The number of aryl methyl sites for hydroxylation is 2. The Kier molecular flexibility index (Phi) is 6.18. The van der Waals surface area contributed by atoms with Gasteiger partial charge in [0.1, 0.15) is 18.1 Å². The van der Waals surface area contributed by atoms with E-state index in [0.717, 1.165) is 11.3 Å². The third-order valence-corrected chi connectivity index (χ3v) is 4.76. The molecule has 1 aliphatic rings. The molecule has 28 heavy (non-hydrogen) atoms. The molecule has 8 heteroatoms. The Balaban J connectivity index is 1.66. The van der Waals surface area contributed by atoms with E-state index in [2.05, 4.69) is 5.16 Å². The summed E-state index contributed by atoms with van der Waals surface area (Å²) in [6.07, 6.45) is -0.335. The van der Waals surface area contributed by atoms with Crippen LogP contribution in [0.25, 0.3) is 0 Å². The first kappa shape index (κ1) is 19.7. The van der Waals surface area contributed by atoms with Crippen molar-refractivity contribution in [1.82, 2.24) is 15.0 Å². The van der Waals surface area contributed by atoms with Crippen molar-refractivity contribution in [1.29, 1.82) is 0 Å². The van der Waals surface area contributed by atoms with Gasteiger partial charge in [-0.2, -0.15) is 0 Å². The lowest BCUT2D eigenvalue weighted by molar-refractivity contribution is 0.0567. The van der Waals surface area contributed by atoms with Crippen LogP contribution in [-0.4, -0.2) is 59.7 Å². The fourth-order valence-electron chi connectivity index (χ4n) is 3.10. The third-order valence-electron chi connectivity index (χ3n) is 4.76. The molecule has 2 aromatic rings. The van der Waals surface area contributed by atoms with Gasteiger partial charge in [0.15, 0.2) is 0 Å². The summed E-state index contributed by atoms with van der Waals surface area (Å²) in [6.45, 7) is 7.90. The van der Waals surface area contributed by atoms with Gasteiger partial charge in [-0.1, -0.05) is 17.3 Å². The van der Waals surface area contributed by atoms with Crippen molar-refractivity contribution in [2.45, 2.75) is 27.4 Å². The minimum Gasteiger partial charge on any atom is -0.488 e. The van der Waals surface area contributed by atoms with Gasteiger partial charge in [-0.3, -0.25) is 4.79 Å². The van der Waals surface area contributed by atoms with Crippen molar-refractivity contribution >= 4 is 12.0 Å². The quantitative estimate of drug-likeness (QED) is 0.784. The number of nitrogens with zero attached hydrogens (tertiary/aromatic N) is 3. The predicted octanol–water partition coefficient (Wildman–Crippen LogP) is 2.78. The Morgan fingerprint density at radius 1 is 1.11 bits per heavy atom. The molecule has 3 rings (SSSR count). The van der Waals surface area contributed by atoms with Crippen molar-refractivity contribution in [3.8, 4) is 5.75 Å². The fourth-order valence-corrected chi connectivity index (χ4v) is 3.10. The summed E-state index contributed by atoms with van der Waals surface area (Å²) in [5, 5.41) is 3.92. The van der Waals surface area contributed by atoms with Crippen LogP contribution in [0.5, 0.6) is 5.75 Å². The molecule has 1 aromatic carbocycles. The van der Waals surface area contributed by atoms with Gasteiger partial charge < -0.3 is 23.8 Å². The molecule has 0 unspecified atom stereocenters. The molecule has 150 valence electrons. The van der Waals surface area contributed by atoms with E-state index in [9.17, 15) is 9.59 Å². The third kappa shape index (κ3) is 4.27. The second-order valence-corrected chi connectivity index (χ2v) is 6.57. The van der Waals surface area contributed by atoms with E-state index >= 15 is 0 Å². The Labute approximate surface area is 164 Å². The van der Waals surface area contributed by atoms with Gasteiger partial charge in [-0.15, -0.1) is 0 Å². The van der Waals surface area contributed by atoms with Crippen LogP contribution in [0, 0.1) is 13.8 Å². The molecule has 2 amide bonds. The summed E-state index contributed by atoms with van der Waals surface area (Å²) in [5.74, 6) is 1.11. The largest absolute Gasteiger partial charge is 0.488 e. The molecule has 0 N–H and O–H groups in total. The number of hydrogen-bond acceptors (Lipinski definition) is 6. The Morgan fingerprint density at radius 3 is 2.43 bits per heavy atom. The zero-order valence-corrected chi connectivity index (χ0v) is 16.4. The summed E-state index contributed by atoms with van der Waals surface area (Å²) >= 11 is 0. The highest BCUT2D eigenvalue weighted by Gasteiger charge is 2.27. The van der Waals surface area contributed by atoms with E-state index in [-0.39, 0.29) is 18.6 Å². The van der Waals surface area contributed by atoms with Crippen LogP contribution >= 0.6 is 0 Å². The zero-order valence-electron chi connectivity index (χ0n) is 16.4. The Hall–Kier alpha value is -3.03. The van der Waals surface area contributed by atoms with Crippen molar-refractivity contribution in [2.24, 2.45) is 0 Å². The molecular weight excluding hydrogens is 362 g/mol. The Bertz CT molecular complexity index is 821. The lowest BCUT2D eigenvalue weighted by Gasteiger charge is -2.34. The van der Waals surface area contributed by atoms with E-state index in [1.54, 1.807) is 28.9 Å². The summed E-state index contributed by atoms with van der Waals surface area (Å²) in [4.78, 5) is 28.2. The average Bonchev–Trinajstić information content (AvgIpc) is 3.04. The first-order valence-electron chi connectivity index (χ1n) is 9.35. The van der Waals surface area contributed by atoms with E-state index in [4.69, 9.17) is 14.0 Å². The molecule has 1 saturated heterocycles. The second kappa shape index (κ2) is 8.77. The highest BCUT2D eigenvalue weighted by molar-refractivity contribution is 5.97. The SMILES string of the molecule is CCOC(=O)N1CCN(C(=O)c2ccccc2OCc2c(C)noc2C)CC1. The molecule has 2 heterocycles. The number of benzene rings is 1. The number of rotatable bonds is 5. The van der Waals surface area contributed by atoms with Crippen LogP contribution in [-0.2, 0) is 11.3 Å². The van der Waals surface area contributed by atoms with Crippen LogP contribution in [0.1, 0.15) is 34.3 Å². The average molecular weight is 387 g/mol. The van der Waals surface area contributed by atoms with Crippen LogP contribution in [0.4, 0.5) is 4.79 Å². The maximum absolute atomic E-state index is 13.0. The van der Waals surface area contributed by atoms with Gasteiger partial charge in [-0.25, -0.2) is 4.79 Å². The van der Waals surface area contributed by atoms with E-state index in [1.807, 2.05) is 26.0 Å². The molecule has 1 fully saturated rings. The minimum atomic E-state index is -0.335. The van der Waals surface area contributed by atoms with Gasteiger partial charge in [0.25, 0.3) is 5.91 Å². The number of amides is 2. The van der Waals surface area contributed by atoms with Crippen molar-refractivity contribution in [2.75, 3.05) is 32.8 Å². The summed E-state index contributed by atoms with van der Waals surface area (Å²) in [7, 11) is 0. The van der Waals surface area contributed by atoms with Gasteiger partial charge in [0, 0.05) is 26.2 Å². The van der Waals surface area contributed by atoms with E-state index < -0.39 is 0 Å². The van der Waals surface area contributed by atoms with Gasteiger partial charge in [0.05, 0.1) is 23.4 Å². The van der Waals surface area contributed by atoms with E-state index in [0.29, 0.717) is 49.9 Å². The first-order chi connectivity index (χ1) is 13.5. The predicted molar refractivity (Wildman–Crippen MR) is 101 cm³/mol. The minimum absolute atomic E-state index is 0.113. The van der Waals surface area contributed by atoms with Crippen LogP contribution in [0.15, 0.2) is 28.8 Å². The smallest absolute Gasteiger partial charge is 0.409 e. The molecule has 1 aromatic heterocycles. The molecular formula is C20H25N3O5. The highest BCUT2D eigenvalue weighted by atomic mass is 16.6. The maximum Gasteiger partial charge on any atom is 0.409 e. The lowest BCUT2D eigenvalue weighted by Crippen LogP contribution is -2.50. The first-order valence-corrected chi connectivity index (χ1v) is 9.35. The number of piperazine rings is 1. The van der Waals surface area contributed by atoms with Gasteiger partial charge in [-0.05, 0) is 32.9 Å². The number of carbonyl (C=O) groups excluding carboxylic acids is 2. The monoisotopic (exact) mass is 387 g/mol. The summed E-state index contributed by atoms with van der Waals surface area (Å²) in [5.41, 5.74) is 2.15. The molecule has 0 atom stereocenters. The van der Waals surface area contributed by atoms with Crippen molar-refractivity contribution < 1.29 is 23.6 Å². The molecule has 1 aliphatic heterocycles. The summed E-state index contributed by atoms with van der Waals surface area (Å²) in [6, 6.07) is 7.17. The zero-order chi connectivity index (χ0) is 20.1. The number of carbonyl (C=O) groups is 2. The van der Waals surface area contributed by atoms with E-state index in [1.165, 1.54) is 0 Å². The van der Waals surface area contributed by atoms with Crippen LogP contribution < -0.4 is 4.74 Å². The molecule has 0 spiro atoms. The highest BCUT2D eigenvalue weighted by Crippen LogP contribution is 2.23. The fraction of sp³-hybridized carbons (Fsp3) is 0.450. The van der Waals surface area contributed by atoms with Crippen LogP contribution in [0.3, 0.4) is 0 Å². The second-order valence-electron chi connectivity index (χ2n) is 6.57. The van der Waals surface area contributed by atoms with Crippen molar-refractivity contribution in [3.63, 3.8) is 0 Å². The number of hydrogen-bond donors (Lipinski definition) is 0. The number of aromatic nitrogens is 1. The molecule has 0 radical (unpaired) electrons. The maximum atomic E-state index is 13.0. The lowest BCUT2D eigenvalue weighted by atomic mass is 10.1. The molecule has 0 aliphatic carbocycles. The molecule has 8 nitrogen and oxygen atoms in total. The molecule has 0 saturated carbocycles. The van der Waals surface area contributed by atoms with Gasteiger partial charge >= 0.3 is 6.09 Å². The number of para-hydroxylation sites is 1. The topological polar surface area (TPSA) is 85.1 Å². The molecule has 0 bridgehead atoms. The van der Waals surface area contributed by atoms with Gasteiger partial charge in [0.2, 0.25) is 0 Å². The normalized spacial score (nSPS) is 14.1. The van der Waals surface area contributed by atoms with Crippen molar-refractivity contribution in [3.05, 3.63) is 46.8 Å². The summed E-state index contributed by atoms with van der Waals surface area (Å²) < 4.78 is 16.1. The van der Waals surface area contributed by atoms with Crippen LogP contribution in [0.2, 0.25) is 0 Å². The number of ether oxygens (including phenoxy) is 2.